The Morgan fingerprint density at radius 2 is 1.15 bits per heavy atom. The summed E-state index contributed by atoms with van der Waals surface area (Å²) < 4.78 is 0. The lowest BCUT2D eigenvalue weighted by atomic mass is 10.0. The first kappa shape index (κ1) is 20.9. The quantitative estimate of drug-likeness (QED) is 0.556. The van der Waals surface area contributed by atoms with Crippen molar-refractivity contribution < 1.29 is 9.59 Å². The van der Waals surface area contributed by atoms with E-state index in [2.05, 4.69) is 41.8 Å². The third-order valence-electron chi connectivity index (χ3n) is 9.27. The Labute approximate surface area is 196 Å². The van der Waals surface area contributed by atoms with Gasteiger partial charge in [0.05, 0.1) is 5.41 Å². The molecule has 2 N–H and O–H groups in total. The SMILES string of the molecule is CC1(C(=O)Nc2ccc(-c3ccc(NC(=O)C4C5CCCCC54)cc3)cc2)C2CCCCC21. The van der Waals surface area contributed by atoms with E-state index in [4.69, 9.17) is 0 Å². The Morgan fingerprint density at radius 3 is 1.67 bits per heavy atom. The van der Waals surface area contributed by atoms with E-state index in [9.17, 15) is 9.59 Å². The largest absolute Gasteiger partial charge is 0.326 e. The number of rotatable bonds is 5. The fourth-order valence-electron chi connectivity index (χ4n) is 7.13. The zero-order valence-corrected chi connectivity index (χ0v) is 19.5. The van der Waals surface area contributed by atoms with E-state index >= 15 is 0 Å². The average Bonchev–Trinajstić information content (AvgIpc) is 3.73. The molecule has 4 aliphatic carbocycles. The fourth-order valence-corrected chi connectivity index (χ4v) is 7.13. The van der Waals surface area contributed by atoms with Gasteiger partial charge in [0.25, 0.3) is 0 Å². The van der Waals surface area contributed by atoms with Crippen LogP contribution in [0.5, 0.6) is 0 Å². The van der Waals surface area contributed by atoms with Crippen LogP contribution >= 0.6 is 0 Å². The second-order valence-corrected chi connectivity index (χ2v) is 11.0. The number of hydrogen-bond donors (Lipinski definition) is 2. The van der Waals surface area contributed by atoms with Crippen LogP contribution in [-0.2, 0) is 9.59 Å². The van der Waals surface area contributed by atoms with Crippen molar-refractivity contribution in [1.82, 2.24) is 0 Å². The van der Waals surface area contributed by atoms with Gasteiger partial charge in [0.1, 0.15) is 0 Å². The molecule has 2 amide bonds. The van der Waals surface area contributed by atoms with Crippen molar-refractivity contribution in [2.24, 2.45) is 35.0 Å². The zero-order valence-electron chi connectivity index (χ0n) is 19.5. The second kappa shape index (κ2) is 8.00. The maximum atomic E-state index is 12.9. The minimum absolute atomic E-state index is 0.173. The van der Waals surface area contributed by atoms with E-state index in [1.807, 2.05) is 24.3 Å². The summed E-state index contributed by atoms with van der Waals surface area (Å²) in [6.07, 6.45) is 9.94. The van der Waals surface area contributed by atoms with Gasteiger partial charge in [0.2, 0.25) is 11.8 Å². The molecule has 4 aliphatic rings. The van der Waals surface area contributed by atoms with Crippen LogP contribution in [-0.4, -0.2) is 11.8 Å². The van der Waals surface area contributed by atoms with Crippen LogP contribution in [0.1, 0.15) is 58.3 Å². The summed E-state index contributed by atoms with van der Waals surface area (Å²) in [5, 5.41) is 6.29. The van der Waals surface area contributed by atoms with Crippen LogP contribution in [0.4, 0.5) is 11.4 Å². The van der Waals surface area contributed by atoms with Gasteiger partial charge in [-0.1, -0.05) is 56.9 Å². The van der Waals surface area contributed by atoms with Crippen molar-refractivity contribution in [3.63, 3.8) is 0 Å². The highest BCUT2D eigenvalue weighted by Crippen LogP contribution is 2.65. The summed E-state index contributed by atoms with van der Waals surface area (Å²) in [4.78, 5) is 25.6. The third kappa shape index (κ3) is 3.68. The Morgan fingerprint density at radius 1 is 0.697 bits per heavy atom. The zero-order chi connectivity index (χ0) is 22.6. The van der Waals surface area contributed by atoms with Crippen LogP contribution < -0.4 is 10.6 Å². The molecule has 2 aromatic carbocycles. The molecule has 4 atom stereocenters. The molecule has 6 rings (SSSR count). The summed E-state index contributed by atoms with van der Waals surface area (Å²) in [5.41, 5.74) is 3.77. The van der Waals surface area contributed by atoms with Gasteiger partial charge in [-0.15, -0.1) is 0 Å². The van der Waals surface area contributed by atoms with E-state index in [0.29, 0.717) is 23.7 Å². The molecule has 0 spiro atoms. The summed E-state index contributed by atoms with van der Waals surface area (Å²) in [6.45, 7) is 2.15. The number of benzene rings is 2. The topological polar surface area (TPSA) is 58.2 Å². The maximum absolute atomic E-state index is 12.9. The maximum Gasteiger partial charge on any atom is 0.230 e. The molecule has 2 aromatic rings. The summed E-state index contributed by atoms with van der Waals surface area (Å²) in [5.74, 6) is 3.03. The fraction of sp³-hybridized carbons (Fsp3) is 0.517. The van der Waals surface area contributed by atoms with Gasteiger partial charge in [-0.2, -0.15) is 0 Å². The lowest BCUT2D eigenvalue weighted by Gasteiger charge is -2.13. The smallest absolute Gasteiger partial charge is 0.230 e. The molecule has 0 aliphatic heterocycles. The molecule has 4 heteroatoms. The Hall–Kier alpha value is -2.62. The molecule has 4 nitrogen and oxygen atoms in total. The monoisotopic (exact) mass is 442 g/mol. The highest BCUT2D eigenvalue weighted by atomic mass is 16.2. The molecule has 0 bridgehead atoms. The molecule has 4 unspecified atom stereocenters. The lowest BCUT2D eigenvalue weighted by molar-refractivity contribution is -0.121. The van der Waals surface area contributed by atoms with Crippen LogP contribution in [0.15, 0.2) is 48.5 Å². The molecule has 0 radical (unpaired) electrons. The second-order valence-electron chi connectivity index (χ2n) is 11.0. The minimum atomic E-state index is -0.173. The molecule has 172 valence electrons. The van der Waals surface area contributed by atoms with E-state index in [-0.39, 0.29) is 23.1 Å². The molecular formula is C29H34N2O2. The van der Waals surface area contributed by atoms with Crippen molar-refractivity contribution >= 4 is 23.2 Å². The van der Waals surface area contributed by atoms with Crippen LogP contribution in [0.3, 0.4) is 0 Å². The van der Waals surface area contributed by atoms with Crippen LogP contribution in [0.2, 0.25) is 0 Å². The molecular weight excluding hydrogens is 408 g/mol. The van der Waals surface area contributed by atoms with Gasteiger partial charge in [0.15, 0.2) is 0 Å². The van der Waals surface area contributed by atoms with Gasteiger partial charge in [-0.25, -0.2) is 0 Å². The summed E-state index contributed by atoms with van der Waals surface area (Å²) in [7, 11) is 0. The van der Waals surface area contributed by atoms with E-state index in [1.165, 1.54) is 51.4 Å². The van der Waals surface area contributed by atoms with Crippen molar-refractivity contribution in [2.75, 3.05) is 10.6 Å². The number of amides is 2. The number of nitrogens with one attached hydrogen (secondary N) is 2. The Bertz CT molecular complexity index is 1030. The molecule has 33 heavy (non-hydrogen) atoms. The summed E-state index contributed by atoms with van der Waals surface area (Å²) >= 11 is 0. The van der Waals surface area contributed by atoms with Crippen LogP contribution in [0, 0.1) is 35.0 Å². The first-order valence-electron chi connectivity index (χ1n) is 12.9. The standard InChI is InChI=1S/C29H34N2O2/c1-29(24-8-4-5-9-25(24)29)28(33)31-21-16-12-19(13-17-21)18-10-14-20(15-11-18)30-27(32)26-22-6-2-3-7-23(22)26/h10-17,22-26H,2-9H2,1H3,(H,30,32)(H,31,33). The number of fused-ring (bicyclic) bond motifs is 2. The van der Waals surface area contributed by atoms with Gasteiger partial charge in [-0.3, -0.25) is 9.59 Å². The first-order chi connectivity index (χ1) is 16.1. The van der Waals surface area contributed by atoms with Crippen molar-refractivity contribution in [3.8, 4) is 11.1 Å². The van der Waals surface area contributed by atoms with Crippen molar-refractivity contribution in [1.29, 1.82) is 0 Å². The lowest BCUT2D eigenvalue weighted by Crippen LogP contribution is -2.24. The summed E-state index contributed by atoms with van der Waals surface area (Å²) in [6, 6.07) is 16.2. The highest BCUT2D eigenvalue weighted by Gasteiger charge is 2.65. The Kier molecular flexibility index (Phi) is 5.08. The number of carbonyl (C=O) groups is 2. The Balaban J connectivity index is 1.06. The van der Waals surface area contributed by atoms with Crippen molar-refractivity contribution in [2.45, 2.75) is 58.3 Å². The molecule has 0 saturated heterocycles. The van der Waals surface area contributed by atoms with Crippen molar-refractivity contribution in [3.05, 3.63) is 48.5 Å². The normalized spacial score (nSPS) is 33.9. The number of carbonyl (C=O) groups excluding carboxylic acids is 2. The molecule has 4 fully saturated rings. The molecule has 0 aromatic heterocycles. The molecule has 0 heterocycles. The predicted octanol–water partition coefficient (Wildman–Crippen LogP) is 6.49. The average molecular weight is 443 g/mol. The first-order valence-corrected chi connectivity index (χ1v) is 12.9. The van der Waals surface area contributed by atoms with Gasteiger partial charge < -0.3 is 10.6 Å². The van der Waals surface area contributed by atoms with Gasteiger partial charge >= 0.3 is 0 Å². The molecule has 4 saturated carbocycles. The van der Waals surface area contributed by atoms with E-state index in [1.54, 1.807) is 0 Å². The minimum Gasteiger partial charge on any atom is -0.326 e. The van der Waals surface area contributed by atoms with Crippen LogP contribution in [0.25, 0.3) is 11.1 Å². The number of hydrogen-bond acceptors (Lipinski definition) is 2. The van der Waals surface area contributed by atoms with Gasteiger partial charge in [-0.05, 0) is 84.7 Å². The predicted molar refractivity (Wildman–Crippen MR) is 132 cm³/mol. The van der Waals surface area contributed by atoms with Gasteiger partial charge in [0, 0.05) is 17.3 Å². The van der Waals surface area contributed by atoms with E-state index < -0.39 is 0 Å². The number of anilines is 2. The highest BCUT2D eigenvalue weighted by molar-refractivity contribution is 5.98. The van der Waals surface area contributed by atoms with E-state index in [0.717, 1.165) is 22.5 Å². The third-order valence-corrected chi connectivity index (χ3v) is 9.27.